The minimum Gasteiger partial charge on any atom is -0.451 e. The van der Waals surface area contributed by atoms with E-state index in [2.05, 4.69) is 22.4 Å². The van der Waals surface area contributed by atoms with Crippen molar-refractivity contribution < 1.29 is 9.21 Å². The lowest BCUT2D eigenvalue weighted by Crippen LogP contribution is -2.10. The number of aromatic nitrogens is 1. The molecule has 134 valence electrons. The number of anilines is 1. The Kier molecular flexibility index (Phi) is 4.85. The third-order valence-electron chi connectivity index (χ3n) is 4.13. The zero-order valence-corrected chi connectivity index (χ0v) is 15.6. The van der Waals surface area contributed by atoms with Gasteiger partial charge in [0.2, 0.25) is 0 Å². The van der Waals surface area contributed by atoms with Gasteiger partial charge in [0.25, 0.3) is 5.91 Å². The van der Waals surface area contributed by atoms with Gasteiger partial charge in [-0.25, -0.2) is 4.98 Å². The molecule has 4 nitrogen and oxygen atoms in total. The van der Waals surface area contributed by atoms with Crippen LogP contribution in [-0.2, 0) is 6.42 Å². The first-order valence-electron chi connectivity index (χ1n) is 8.64. The van der Waals surface area contributed by atoms with Gasteiger partial charge < -0.3 is 4.42 Å². The monoisotopic (exact) mass is 374 g/mol. The summed E-state index contributed by atoms with van der Waals surface area (Å²) in [6.45, 7) is 2.02. The van der Waals surface area contributed by atoms with E-state index >= 15 is 0 Å². The first-order valence-corrected chi connectivity index (χ1v) is 9.46. The zero-order chi connectivity index (χ0) is 18.6. The Hall–Kier alpha value is -3.18. The normalized spacial score (nSPS) is 10.7. The van der Waals surface area contributed by atoms with Crippen molar-refractivity contribution in [2.75, 3.05) is 5.32 Å². The molecule has 0 radical (unpaired) electrons. The number of hydrogen-bond donors (Lipinski definition) is 1. The average Bonchev–Trinajstić information content (AvgIpc) is 3.32. The minimum absolute atomic E-state index is 0.270. The van der Waals surface area contributed by atoms with E-state index in [1.165, 1.54) is 16.9 Å². The quantitative estimate of drug-likeness (QED) is 0.498. The van der Waals surface area contributed by atoms with Crippen molar-refractivity contribution in [3.05, 3.63) is 94.7 Å². The Morgan fingerprint density at radius 1 is 1.07 bits per heavy atom. The highest BCUT2D eigenvalue weighted by Gasteiger charge is 2.14. The van der Waals surface area contributed by atoms with Gasteiger partial charge in [-0.2, -0.15) is 0 Å². The number of rotatable bonds is 5. The van der Waals surface area contributed by atoms with Gasteiger partial charge >= 0.3 is 0 Å². The van der Waals surface area contributed by atoms with E-state index in [1.54, 1.807) is 12.3 Å². The van der Waals surface area contributed by atoms with Gasteiger partial charge in [-0.1, -0.05) is 54.1 Å². The number of thiazole rings is 1. The van der Waals surface area contributed by atoms with Crippen LogP contribution in [0, 0.1) is 6.92 Å². The maximum absolute atomic E-state index is 12.5. The molecule has 2 aromatic heterocycles. The van der Waals surface area contributed by atoms with Gasteiger partial charge in [0.1, 0.15) is 5.76 Å². The maximum Gasteiger partial charge on any atom is 0.293 e. The van der Waals surface area contributed by atoms with Gasteiger partial charge in [-0.15, -0.1) is 11.3 Å². The van der Waals surface area contributed by atoms with E-state index in [9.17, 15) is 4.79 Å². The molecule has 0 bridgehead atoms. The zero-order valence-electron chi connectivity index (χ0n) is 14.8. The lowest BCUT2D eigenvalue weighted by atomic mass is 10.1. The van der Waals surface area contributed by atoms with Crippen LogP contribution in [-0.4, -0.2) is 10.9 Å². The fourth-order valence-electron chi connectivity index (χ4n) is 2.82. The van der Waals surface area contributed by atoms with E-state index in [1.807, 2.05) is 55.5 Å². The third kappa shape index (κ3) is 4.15. The standard InChI is InChI=1S/C22H18N2O2S/c1-15-6-5-9-17(12-15)19-10-11-20(26-19)21(25)24-22-23-14-18(27-22)13-16-7-3-2-4-8-16/h2-12,14H,13H2,1H3,(H,23,24,25). The van der Waals surface area contributed by atoms with Gasteiger partial charge in [0.05, 0.1) is 0 Å². The van der Waals surface area contributed by atoms with E-state index in [0.717, 1.165) is 22.4 Å². The summed E-state index contributed by atoms with van der Waals surface area (Å²) in [5.74, 6) is 0.647. The second-order valence-corrected chi connectivity index (χ2v) is 7.40. The maximum atomic E-state index is 12.5. The molecule has 1 amide bonds. The summed E-state index contributed by atoms with van der Waals surface area (Å²) in [7, 11) is 0. The Bertz CT molecular complexity index is 1070. The Balaban J connectivity index is 1.44. The molecule has 0 saturated carbocycles. The van der Waals surface area contributed by atoms with E-state index < -0.39 is 0 Å². The summed E-state index contributed by atoms with van der Waals surface area (Å²) < 4.78 is 5.73. The molecule has 1 N–H and O–H groups in total. The van der Waals surface area contributed by atoms with Crippen molar-refractivity contribution in [3.8, 4) is 11.3 Å². The fraction of sp³-hybridized carbons (Fsp3) is 0.0909. The number of benzene rings is 2. The molecule has 27 heavy (non-hydrogen) atoms. The van der Waals surface area contributed by atoms with Crippen LogP contribution in [0.3, 0.4) is 0 Å². The summed E-state index contributed by atoms with van der Waals surface area (Å²) >= 11 is 1.47. The molecule has 0 spiro atoms. The van der Waals surface area contributed by atoms with Crippen LogP contribution < -0.4 is 5.32 Å². The third-order valence-corrected chi connectivity index (χ3v) is 5.04. The van der Waals surface area contributed by atoms with Crippen molar-refractivity contribution >= 4 is 22.4 Å². The number of nitrogens with one attached hydrogen (secondary N) is 1. The van der Waals surface area contributed by atoms with Crippen LogP contribution in [0.15, 0.2) is 77.3 Å². The molecule has 5 heteroatoms. The number of carbonyl (C=O) groups is 1. The number of furan rings is 1. The summed E-state index contributed by atoms with van der Waals surface area (Å²) in [6, 6.07) is 21.7. The van der Waals surface area contributed by atoms with Crippen LogP contribution in [0.2, 0.25) is 0 Å². The first-order chi connectivity index (χ1) is 13.2. The van der Waals surface area contributed by atoms with Crippen LogP contribution in [0.4, 0.5) is 5.13 Å². The van der Waals surface area contributed by atoms with Crippen molar-refractivity contribution in [1.29, 1.82) is 0 Å². The molecule has 0 aliphatic rings. The molecule has 0 saturated heterocycles. The number of aryl methyl sites for hydroxylation is 1. The van der Waals surface area contributed by atoms with Gasteiger partial charge in [-0.05, 0) is 30.7 Å². The predicted octanol–water partition coefficient (Wildman–Crippen LogP) is 5.55. The molecule has 0 fully saturated rings. The molecule has 2 heterocycles. The van der Waals surface area contributed by atoms with Crippen LogP contribution in [0.5, 0.6) is 0 Å². The summed E-state index contributed by atoms with van der Waals surface area (Å²) in [5.41, 5.74) is 3.31. The van der Waals surface area contributed by atoms with Crippen molar-refractivity contribution in [1.82, 2.24) is 4.98 Å². The van der Waals surface area contributed by atoms with E-state index in [0.29, 0.717) is 10.9 Å². The lowest BCUT2D eigenvalue weighted by molar-refractivity contribution is 0.0997. The molecule has 0 atom stereocenters. The highest BCUT2D eigenvalue weighted by molar-refractivity contribution is 7.15. The average molecular weight is 374 g/mol. The van der Waals surface area contributed by atoms with Crippen LogP contribution in [0.1, 0.15) is 26.6 Å². The van der Waals surface area contributed by atoms with Gasteiger partial charge in [0, 0.05) is 23.1 Å². The summed E-state index contributed by atoms with van der Waals surface area (Å²) in [6.07, 6.45) is 2.60. The number of carbonyl (C=O) groups excluding carboxylic acids is 1. The van der Waals surface area contributed by atoms with Crippen molar-refractivity contribution in [3.63, 3.8) is 0 Å². The smallest absolute Gasteiger partial charge is 0.293 e. The van der Waals surface area contributed by atoms with Crippen molar-refractivity contribution in [2.24, 2.45) is 0 Å². The fourth-order valence-corrected chi connectivity index (χ4v) is 3.66. The van der Waals surface area contributed by atoms with E-state index in [-0.39, 0.29) is 11.7 Å². The van der Waals surface area contributed by atoms with Gasteiger partial charge in [-0.3, -0.25) is 10.1 Å². The molecular weight excluding hydrogens is 356 g/mol. The highest BCUT2D eigenvalue weighted by atomic mass is 32.1. The van der Waals surface area contributed by atoms with Crippen LogP contribution >= 0.6 is 11.3 Å². The second kappa shape index (κ2) is 7.60. The largest absolute Gasteiger partial charge is 0.451 e. The topological polar surface area (TPSA) is 55.1 Å². The summed E-state index contributed by atoms with van der Waals surface area (Å²) in [5, 5.41) is 3.38. The number of amides is 1. The number of hydrogen-bond acceptors (Lipinski definition) is 4. The highest BCUT2D eigenvalue weighted by Crippen LogP contribution is 2.25. The first kappa shape index (κ1) is 17.2. The SMILES string of the molecule is Cc1cccc(-c2ccc(C(=O)Nc3ncc(Cc4ccccc4)s3)o2)c1. The molecule has 0 unspecified atom stereocenters. The summed E-state index contributed by atoms with van der Waals surface area (Å²) in [4.78, 5) is 17.8. The van der Waals surface area contributed by atoms with Crippen molar-refractivity contribution in [2.45, 2.75) is 13.3 Å². The molecule has 0 aliphatic heterocycles. The predicted molar refractivity (Wildman–Crippen MR) is 108 cm³/mol. The van der Waals surface area contributed by atoms with E-state index in [4.69, 9.17) is 4.42 Å². The molecule has 4 aromatic rings. The number of nitrogens with zero attached hydrogens (tertiary/aromatic N) is 1. The molecule has 4 rings (SSSR count). The molecule has 0 aliphatic carbocycles. The lowest BCUT2D eigenvalue weighted by Gasteiger charge is -2.00. The Labute approximate surface area is 161 Å². The Morgan fingerprint density at radius 2 is 1.93 bits per heavy atom. The molecule has 2 aromatic carbocycles. The second-order valence-electron chi connectivity index (χ2n) is 6.28. The molecular formula is C22H18N2O2S. The van der Waals surface area contributed by atoms with Gasteiger partial charge in [0.15, 0.2) is 10.9 Å². The minimum atomic E-state index is -0.297. The van der Waals surface area contributed by atoms with Crippen LogP contribution in [0.25, 0.3) is 11.3 Å². The Morgan fingerprint density at radius 3 is 2.74 bits per heavy atom.